The highest BCUT2D eigenvalue weighted by Gasteiger charge is 2.12. The number of imidazole rings is 1. The van der Waals surface area contributed by atoms with Gasteiger partial charge in [-0.3, -0.25) is 0 Å². The highest BCUT2D eigenvalue weighted by molar-refractivity contribution is 7.07. The Balaban J connectivity index is 1.73. The van der Waals surface area contributed by atoms with Gasteiger partial charge in [0.2, 0.25) is 0 Å². The third kappa shape index (κ3) is 4.78. The first-order chi connectivity index (χ1) is 14.1. The summed E-state index contributed by atoms with van der Waals surface area (Å²) < 4.78 is 17.4. The number of halogens is 3. The molecule has 0 saturated heterocycles. The summed E-state index contributed by atoms with van der Waals surface area (Å²) in [5.41, 5.74) is 2.51. The fraction of sp³-hybridized carbons (Fsp3) is 0.143. The lowest BCUT2D eigenvalue weighted by atomic mass is 10.1. The van der Waals surface area contributed by atoms with Crippen molar-refractivity contribution in [3.63, 3.8) is 0 Å². The first kappa shape index (κ1) is 19.9. The molecule has 2 heterocycles. The molecule has 4 aromatic rings. The van der Waals surface area contributed by atoms with E-state index in [9.17, 15) is 4.39 Å². The Kier molecular flexibility index (Phi) is 6.13. The van der Waals surface area contributed by atoms with Crippen molar-refractivity contribution >= 4 is 40.2 Å². The molecule has 0 aliphatic heterocycles. The summed E-state index contributed by atoms with van der Waals surface area (Å²) >= 11 is 14.2. The van der Waals surface area contributed by atoms with Crippen LogP contribution < -0.4 is 4.80 Å². The van der Waals surface area contributed by atoms with Crippen LogP contribution in [0.4, 0.5) is 10.1 Å². The van der Waals surface area contributed by atoms with Crippen LogP contribution >= 0.6 is 34.5 Å². The molecule has 0 amide bonds. The summed E-state index contributed by atoms with van der Waals surface area (Å²) in [6, 6.07) is 11.6. The number of thiazole rings is 1. The summed E-state index contributed by atoms with van der Waals surface area (Å²) in [6.07, 6.45) is 6.40. The maximum atomic E-state index is 13.2. The van der Waals surface area contributed by atoms with E-state index >= 15 is 0 Å². The molecular weight excluding hydrogens is 430 g/mol. The van der Waals surface area contributed by atoms with Crippen molar-refractivity contribution in [2.75, 3.05) is 0 Å². The van der Waals surface area contributed by atoms with Crippen molar-refractivity contribution in [2.45, 2.75) is 19.5 Å². The van der Waals surface area contributed by atoms with Gasteiger partial charge in [-0.15, -0.1) is 11.3 Å². The van der Waals surface area contributed by atoms with Gasteiger partial charge < -0.3 is 9.13 Å². The molecule has 4 nitrogen and oxygen atoms in total. The zero-order chi connectivity index (χ0) is 20.2. The van der Waals surface area contributed by atoms with Gasteiger partial charge in [-0.25, -0.2) is 14.4 Å². The van der Waals surface area contributed by atoms with E-state index in [1.807, 2.05) is 22.2 Å². The minimum Gasteiger partial charge on any atom is -0.337 e. The second-order valence-corrected chi connectivity index (χ2v) is 8.10. The minimum atomic E-state index is -0.283. The van der Waals surface area contributed by atoms with Crippen molar-refractivity contribution in [2.24, 2.45) is 4.99 Å². The Morgan fingerprint density at radius 2 is 1.90 bits per heavy atom. The van der Waals surface area contributed by atoms with Gasteiger partial charge in [0.15, 0.2) is 4.80 Å². The van der Waals surface area contributed by atoms with E-state index in [0.717, 1.165) is 35.6 Å². The van der Waals surface area contributed by atoms with Crippen LogP contribution in [-0.4, -0.2) is 14.1 Å². The average molecular weight is 447 g/mol. The van der Waals surface area contributed by atoms with Crippen LogP contribution in [0.15, 0.2) is 71.6 Å². The van der Waals surface area contributed by atoms with E-state index < -0.39 is 0 Å². The molecule has 148 valence electrons. The molecule has 4 rings (SSSR count). The van der Waals surface area contributed by atoms with Crippen LogP contribution in [0.25, 0.3) is 11.3 Å². The number of aromatic nitrogens is 3. The first-order valence-corrected chi connectivity index (χ1v) is 10.6. The molecule has 0 atom stereocenters. The van der Waals surface area contributed by atoms with Crippen molar-refractivity contribution in [3.05, 3.63) is 87.2 Å². The Hall–Kier alpha value is -2.41. The summed E-state index contributed by atoms with van der Waals surface area (Å²) in [5, 5.41) is 3.28. The van der Waals surface area contributed by atoms with Crippen LogP contribution in [0, 0.1) is 5.82 Å². The van der Waals surface area contributed by atoms with Crippen molar-refractivity contribution < 1.29 is 4.39 Å². The van der Waals surface area contributed by atoms with Crippen LogP contribution in [0.5, 0.6) is 0 Å². The van der Waals surface area contributed by atoms with E-state index in [2.05, 4.69) is 9.55 Å². The lowest BCUT2D eigenvalue weighted by Gasteiger charge is -2.11. The van der Waals surface area contributed by atoms with Gasteiger partial charge in [0.05, 0.1) is 22.7 Å². The molecule has 0 aliphatic carbocycles. The lowest BCUT2D eigenvalue weighted by molar-refractivity contribution is 0.559. The average Bonchev–Trinajstić information content (AvgIpc) is 3.36. The van der Waals surface area contributed by atoms with Gasteiger partial charge in [-0.05, 0) is 48.9 Å². The van der Waals surface area contributed by atoms with Crippen molar-refractivity contribution in [1.82, 2.24) is 14.1 Å². The maximum absolute atomic E-state index is 13.2. The van der Waals surface area contributed by atoms with Crippen LogP contribution in [0.2, 0.25) is 10.0 Å². The van der Waals surface area contributed by atoms with Crippen LogP contribution in [-0.2, 0) is 13.1 Å². The zero-order valence-electron chi connectivity index (χ0n) is 15.3. The number of rotatable bonds is 6. The summed E-state index contributed by atoms with van der Waals surface area (Å²) in [6.45, 7) is 1.57. The van der Waals surface area contributed by atoms with Gasteiger partial charge in [-0.2, -0.15) is 0 Å². The fourth-order valence-electron chi connectivity index (χ4n) is 3.00. The Labute approximate surface area is 181 Å². The van der Waals surface area contributed by atoms with Gasteiger partial charge in [0.25, 0.3) is 0 Å². The standard InChI is InChI=1S/C21H17Cl2FN4S/c22-15-2-7-19(23)18(12-15)20-13-29-21(26-17-5-3-16(24)4-6-17)28(20)10-1-9-27-11-8-25-14-27/h2-8,11-14H,1,9-10H2. The summed E-state index contributed by atoms with van der Waals surface area (Å²) in [4.78, 5) is 9.61. The van der Waals surface area contributed by atoms with Gasteiger partial charge >= 0.3 is 0 Å². The first-order valence-electron chi connectivity index (χ1n) is 9.00. The second kappa shape index (κ2) is 8.95. The summed E-state index contributed by atoms with van der Waals surface area (Å²) in [7, 11) is 0. The number of hydrogen-bond donors (Lipinski definition) is 0. The van der Waals surface area contributed by atoms with Crippen molar-refractivity contribution in [1.29, 1.82) is 0 Å². The van der Waals surface area contributed by atoms with Gasteiger partial charge in [0.1, 0.15) is 5.82 Å². The number of hydrogen-bond acceptors (Lipinski definition) is 3. The molecule has 0 fully saturated rings. The quantitative estimate of drug-likeness (QED) is 0.348. The molecular formula is C21H17Cl2FN4S. The fourth-order valence-corrected chi connectivity index (χ4v) is 4.33. The monoisotopic (exact) mass is 446 g/mol. The molecule has 0 N–H and O–H groups in total. The minimum absolute atomic E-state index is 0.283. The SMILES string of the molecule is Fc1ccc(N=c2scc(-c3cc(Cl)ccc3Cl)n2CCCn2ccnc2)cc1. The predicted molar refractivity (Wildman–Crippen MR) is 116 cm³/mol. The molecule has 0 radical (unpaired) electrons. The van der Waals surface area contributed by atoms with E-state index in [-0.39, 0.29) is 5.82 Å². The normalized spacial score (nSPS) is 11.9. The smallest absolute Gasteiger partial charge is 0.190 e. The second-order valence-electron chi connectivity index (χ2n) is 6.42. The molecule has 8 heteroatoms. The molecule has 0 bridgehead atoms. The summed E-state index contributed by atoms with van der Waals surface area (Å²) in [5.74, 6) is -0.283. The topological polar surface area (TPSA) is 35.1 Å². The molecule has 29 heavy (non-hydrogen) atoms. The third-order valence-corrected chi connectivity index (χ3v) is 5.84. The Bertz CT molecular complexity index is 1160. The Morgan fingerprint density at radius 1 is 1.07 bits per heavy atom. The van der Waals surface area contributed by atoms with Crippen molar-refractivity contribution in [3.8, 4) is 11.3 Å². The number of aryl methyl sites for hydroxylation is 1. The molecule has 2 aromatic heterocycles. The van der Waals surface area contributed by atoms with Gasteiger partial charge in [-0.1, -0.05) is 23.2 Å². The Morgan fingerprint density at radius 3 is 2.66 bits per heavy atom. The van der Waals surface area contributed by atoms with E-state index in [4.69, 9.17) is 28.2 Å². The molecule has 0 unspecified atom stereocenters. The highest BCUT2D eigenvalue weighted by Crippen LogP contribution is 2.31. The molecule has 0 spiro atoms. The van der Waals surface area contributed by atoms with E-state index in [1.54, 1.807) is 36.8 Å². The third-order valence-electron chi connectivity index (χ3n) is 4.41. The molecule has 0 saturated carbocycles. The largest absolute Gasteiger partial charge is 0.337 e. The highest BCUT2D eigenvalue weighted by atomic mass is 35.5. The predicted octanol–water partition coefficient (Wildman–Crippen LogP) is 6.18. The van der Waals surface area contributed by atoms with Crippen LogP contribution in [0.3, 0.4) is 0 Å². The zero-order valence-corrected chi connectivity index (χ0v) is 17.6. The van der Waals surface area contributed by atoms with Gasteiger partial charge in [0, 0.05) is 41.4 Å². The number of nitrogens with zero attached hydrogens (tertiary/aromatic N) is 4. The maximum Gasteiger partial charge on any atom is 0.190 e. The molecule has 2 aromatic carbocycles. The lowest BCUT2D eigenvalue weighted by Crippen LogP contribution is -2.17. The van der Waals surface area contributed by atoms with E-state index in [0.29, 0.717) is 15.7 Å². The number of benzene rings is 2. The molecule has 0 aliphatic rings. The van der Waals surface area contributed by atoms with E-state index in [1.165, 1.54) is 23.5 Å². The van der Waals surface area contributed by atoms with Crippen LogP contribution in [0.1, 0.15) is 6.42 Å².